The number of furan rings is 1. The zero-order valence-corrected chi connectivity index (χ0v) is 33.5. The number of para-hydroxylation sites is 2. The summed E-state index contributed by atoms with van der Waals surface area (Å²) in [5.74, 6) is 1.82. The van der Waals surface area contributed by atoms with Crippen LogP contribution >= 0.6 is 0 Å². The lowest BCUT2D eigenvalue weighted by Crippen LogP contribution is -2.04. The highest BCUT2D eigenvalue weighted by atomic mass is 16.3. The van der Waals surface area contributed by atoms with Crippen LogP contribution in [0.5, 0.6) is 0 Å². The van der Waals surface area contributed by atoms with Crippen LogP contribution in [0, 0.1) is 0 Å². The molecule has 0 aliphatic carbocycles. The quantitative estimate of drug-likeness (QED) is 0.161. The van der Waals surface area contributed by atoms with E-state index in [4.69, 9.17) is 19.4 Å². The summed E-state index contributed by atoms with van der Waals surface area (Å²) in [6.07, 6.45) is 0. The summed E-state index contributed by atoms with van der Waals surface area (Å²) in [6.45, 7) is 0. The molecule has 0 saturated heterocycles. The molecule has 0 atom stereocenters. The van der Waals surface area contributed by atoms with Gasteiger partial charge in [0.05, 0.1) is 16.7 Å². The minimum absolute atomic E-state index is 0.593. The van der Waals surface area contributed by atoms with Crippen molar-refractivity contribution in [2.45, 2.75) is 0 Å². The summed E-state index contributed by atoms with van der Waals surface area (Å²) in [4.78, 5) is 15.6. The maximum Gasteiger partial charge on any atom is 0.164 e. The molecule has 0 aliphatic rings. The Labute approximate surface area is 357 Å². The molecule has 0 N–H and O–H groups in total. The van der Waals surface area contributed by atoms with E-state index in [1.54, 1.807) is 0 Å². The number of benzene rings is 9. The van der Waals surface area contributed by atoms with E-state index in [0.717, 1.165) is 99.5 Å². The highest BCUT2D eigenvalue weighted by Gasteiger charge is 2.24. The Bertz CT molecular complexity index is 3540. The molecule has 0 spiro atoms. The molecule has 0 aliphatic heterocycles. The van der Waals surface area contributed by atoms with Crippen molar-refractivity contribution in [1.29, 1.82) is 0 Å². The third kappa shape index (κ3) is 6.06. The van der Waals surface area contributed by atoms with Crippen molar-refractivity contribution in [1.82, 2.24) is 19.5 Å². The van der Waals surface area contributed by atoms with Crippen LogP contribution in [-0.4, -0.2) is 19.5 Å². The van der Waals surface area contributed by atoms with E-state index in [1.165, 1.54) is 0 Å². The Morgan fingerprint density at radius 1 is 0.290 bits per heavy atom. The lowest BCUT2D eigenvalue weighted by Gasteiger charge is -2.21. The smallest absolute Gasteiger partial charge is 0.164 e. The van der Waals surface area contributed by atoms with Crippen LogP contribution in [-0.2, 0) is 0 Å². The fourth-order valence-electron chi connectivity index (χ4n) is 8.90. The predicted octanol–water partition coefficient (Wildman–Crippen LogP) is 14.9. The van der Waals surface area contributed by atoms with E-state index in [0.29, 0.717) is 17.5 Å². The second-order valence-electron chi connectivity index (χ2n) is 15.6. The second kappa shape index (κ2) is 14.7. The average molecular weight is 793 g/mol. The Balaban J connectivity index is 1.15. The normalized spacial score (nSPS) is 11.5. The molecule has 0 bridgehead atoms. The number of nitrogens with zero attached hydrogens (tertiary/aromatic N) is 4. The molecule has 62 heavy (non-hydrogen) atoms. The fraction of sp³-hybridized carbons (Fsp3) is 0. The molecule has 9 aromatic carbocycles. The van der Waals surface area contributed by atoms with Gasteiger partial charge in [-0.25, -0.2) is 15.0 Å². The van der Waals surface area contributed by atoms with Crippen LogP contribution in [0.2, 0.25) is 0 Å². The van der Waals surface area contributed by atoms with Gasteiger partial charge in [0.25, 0.3) is 0 Å². The van der Waals surface area contributed by atoms with Crippen molar-refractivity contribution >= 4 is 43.7 Å². The molecule has 5 heteroatoms. The summed E-state index contributed by atoms with van der Waals surface area (Å²) in [7, 11) is 0. The van der Waals surface area contributed by atoms with E-state index >= 15 is 0 Å². The maximum atomic E-state index is 6.46. The molecule has 0 unspecified atom stereocenters. The highest BCUT2D eigenvalue weighted by molar-refractivity contribution is 6.17. The fourth-order valence-corrected chi connectivity index (χ4v) is 8.90. The van der Waals surface area contributed by atoms with Gasteiger partial charge in [-0.2, -0.15) is 0 Å². The van der Waals surface area contributed by atoms with Gasteiger partial charge in [-0.15, -0.1) is 0 Å². The van der Waals surface area contributed by atoms with E-state index in [1.807, 2.05) is 36.4 Å². The van der Waals surface area contributed by atoms with Gasteiger partial charge in [0.1, 0.15) is 11.2 Å². The average Bonchev–Trinajstić information content (AvgIpc) is 3.88. The molecular formula is C57H36N4O. The van der Waals surface area contributed by atoms with Gasteiger partial charge in [0.2, 0.25) is 0 Å². The number of hydrogen-bond donors (Lipinski definition) is 0. The van der Waals surface area contributed by atoms with Gasteiger partial charge < -0.3 is 8.98 Å². The zero-order valence-electron chi connectivity index (χ0n) is 33.5. The van der Waals surface area contributed by atoms with Crippen LogP contribution in [0.15, 0.2) is 223 Å². The number of rotatable bonds is 7. The summed E-state index contributed by atoms with van der Waals surface area (Å²) >= 11 is 0. The molecule has 5 nitrogen and oxygen atoms in total. The first-order valence-corrected chi connectivity index (χ1v) is 20.8. The molecule has 290 valence electrons. The SMILES string of the molecule is c1ccc(-c2ccc(-c3nc(-c4ccccc4)nc(-c4cc(-c5ccccc5)c(-n5c6ccccc6c6cc7oc8ccccc8c7cc65)c(-c5ccccc5)c4)n3)cc2)cc1. The van der Waals surface area contributed by atoms with E-state index in [2.05, 4.69) is 187 Å². The van der Waals surface area contributed by atoms with Crippen molar-refractivity contribution in [3.63, 3.8) is 0 Å². The van der Waals surface area contributed by atoms with Crippen LogP contribution in [0.4, 0.5) is 0 Å². The molecule has 12 aromatic rings. The third-order valence-electron chi connectivity index (χ3n) is 11.9. The van der Waals surface area contributed by atoms with Gasteiger partial charge in [0, 0.05) is 49.4 Å². The Hall–Kier alpha value is -8.41. The Morgan fingerprint density at radius 2 is 0.742 bits per heavy atom. The van der Waals surface area contributed by atoms with Crippen molar-refractivity contribution in [3.05, 3.63) is 218 Å². The topological polar surface area (TPSA) is 56.7 Å². The number of fused-ring (bicyclic) bond motifs is 6. The van der Waals surface area contributed by atoms with Gasteiger partial charge in [-0.3, -0.25) is 0 Å². The largest absolute Gasteiger partial charge is 0.456 e. The van der Waals surface area contributed by atoms with Crippen LogP contribution in [0.3, 0.4) is 0 Å². The van der Waals surface area contributed by atoms with Gasteiger partial charge in [-0.1, -0.05) is 182 Å². The molecule has 0 radical (unpaired) electrons. The minimum Gasteiger partial charge on any atom is -0.456 e. The molecule has 0 saturated carbocycles. The molecule has 0 fully saturated rings. The van der Waals surface area contributed by atoms with Crippen LogP contribution in [0.25, 0.3) is 117 Å². The van der Waals surface area contributed by atoms with Gasteiger partial charge in [-0.05, 0) is 58.7 Å². The monoisotopic (exact) mass is 792 g/mol. The van der Waals surface area contributed by atoms with Crippen LogP contribution in [0.1, 0.15) is 0 Å². The van der Waals surface area contributed by atoms with E-state index in [9.17, 15) is 0 Å². The number of aromatic nitrogens is 4. The van der Waals surface area contributed by atoms with Crippen LogP contribution < -0.4 is 0 Å². The lowest BCUT2D eigenvalue weighted by molar-refractivity contribution is 0.669. The molecular weight excluding hydrogens is 757 g/mol. The van der Waals surface area contributed by atoms with E-state index < -0.39 is 0 Å². The van der Waals surface area contributed by atoms with Crippen molar-refractivity contribution in [3.8, 4) is 73.2 Å². The first kappa shape index (κ1) is 35.5. The molecule has 0 amide bonds. The first-order chi connectivity index (χ1) is 30.7. The van der Waals surface area contributed by atoms with Crippen molar-refractivity contribution in [2.24, 2.45) is 0 Å². The standard InChI is InChI=1S/C57H36N4O/c1-5-17-37(18-6-1)38-29-31-42(32-30-38)56-58-55(41-23-11-4-12-24-41)59-57(60-56)43-33-46(39-19-7-2-8-20-39)54(47(34-43)40-21-9-3-10-22-40)61-50-27-15-13-25-44(50)48-36-53-49(35-51(48)61)45-26-14-16-28-52(45)62-53/h1-36H. The van der Waals surface area contributed by atoms with Crippen molar-refractivity contribution in [2.75, 3.05) is 0 Å². The van der Waals surface area contributed by atoms with Gasteiger partial charge >= 0.3 is 0 Å². The summed E-state index contributed by atoms with van der Waals surface area (Å²) in [5.41, 5.74) is 14.3. The first-order valence-electron chi connectivity index (χ1n) is 20.8. The minimum atomic E-state index is 0.593. The Morgan fingerprint density at radius 3 is 1.35 bits per heavy atom. The number of hydrogen-bond acceptors (Lipinski definition) is 4. The second-order valence-corrected chi connectivity index (χ2v) is 15.6. The molecule has 3 aromatic heterocycles. The molecule has 12 rings (SSSR count). The summed E-state index contributed by atoms with van der Waals surface area (Å²) in [6, 6.07) is 76.4. The predicted molar refractivity (Wildman–Crippen MR) is 254 cm³/mol. The van der Waals surface area contributed by atoms with Gasteiger partial charge in [0.15, 0.2) is 17.5 Å². The summed E-state index contributed by atoms with van der Waals surface area (Å²) < 4.78 is 8.90. The summed E-state index contributed by atoms with van der Waals surface area (Å²) in [5, 5.41) is 4.46. The lowest BCUT2D eigenvalue weighted by atomic mass is 9.92. The van der Waals surface area contributed by atoms with Crippen molar-refractivity contribution < 1.29 is 4.42 Å². The highest BCUT2D eigenvalue weighted by Crippen LogP contribution is 2.45. The third-order valence-corrected chi connectivity index (χ3v) is 11.9. The van der Waals surface area contributed by atoms with E-state index in [-0.39, 0.29) is 0 Å². The maximum absolute atomic E-state index is 6.46. The molecule has 3 heterocycles. The zero-order chi connectivity index (χ0) is 41.0. The Kier molecular flexibility index (Phi) is 8.42.